The lowest BCUT2D eigenvalue weighted by atomic mass is 10.1. The Kier molecular flexibility index (Phi) is 6.32. The highest BCUT2D eigenvalue weighted by Gasteiger charge is 2.17. The Morgan fingerprint density at radius 3 is 2.24 bits per heavy atom. The fraction of sp³-hybridized carbons (Fsp3) is 0.500. The summed E-state index contributed by atoms with van der Waals surface area (Å²) in [5.74, 6) is -0.0531. The molecule has 118 valence electrons. The Morgan fingerprint density at radius 1 is 1.19 bits per heavy atom. The van der Waals surface area contributed by atoms with Gasteiger partial charge in [-0.1, -0.05) is 12.1 Å². The molecule has 2 N–H and O–H groups in total. The summed E-state index contributed by atoms with van der Waals surface area (Å²) < 4.78 is 25.1. The van der Waals surface area contributed by atoms with Gasteiger partial charge in [-0.15, -0.1) is 0 Å². The molecular formula is C14H23N3O3S. The standard InChI is InChI=1S/C14H23N3O3S/c1-11(15-9-10-16-12(2)18)13-5-7-14(8-6-13)21(19,20)17(3)4/h5-8,11,15H,9-10H2,1-4H3,(H,16,18). The summed E-state index contributed by atoms with van der Waals surface area (Å²) in [5, 5.41) is 5.97. The van der Waals surface area contributed by atoms with Gasteiger partial charge in [-0.25, -0.2) is 12.7 Å². The molecule has 1 rings (SSSR count). The second kappa shape index (κ2) is 7.53. The Bertz CT molecular complexity index is 568. The first-order chi connectivity index (χ1) is 9.75. The number of carbonyl (C=O) groups excluding carboxylic acids is 1. The minimum Gasteiger partial charge on any atom is -0.355 e. The molecule has 1 aromatic carbocycles. The third-order valence-electron chi connectivity index (χ3n) is 3.11. The maximum Gasteiger partial charge on any atom is 0.242 e. The van der Waals surface area contributed by atoms with Crippen LogP contribution in [0.4, 0.5) is 0 Å². The fourth-order valence-corrected chi connectivity index (χ4v) is 2.69. The van der Waals surface area contributed by atoms with Crippen LogP contribution in [0.2, 0.25) is 0 Å². The summed E-state index contributed by atoms with van der Waals surface area (Å²) in [6.07, 6.45) is 0. The molecule has 0 aliphatic rings. The monoisotopic (exact) mass is 313 g/mol. The van der Waals surface area contributed by atoms with Crippen molar-refractivity contribution in [3.05, 3.63) is 29.8 Å². The molecule has 1 amide bonds. The van der Waals surface area contributed by atoms with Crippen molar-refractivity contribution in [3.63, 3.8) is 0 Å². The quantitative estimate of drug-likeness (QED) is 0.727. The van der Waals surface area contributed by atoms with E-state index in [1.807, 2.05) is 6.92 Å². The summed E-state index contributed by atoms with van der Waals surface area (Å²) in [4.78, 5) is 11.0. The largest absolute Gasteiger partial charge is 0.355 e. The van der Waals surface area contributed by atoms with Crippen molar-refractivity contribution in [3.8, 4) is 0 Å². The van der Waals surface area contributed by atoms with Gasteiger partial charge in [-0.2, -0.15) is 0 Å². The molecule has 0 saturated carbocycles. The lowest BCUT2D eigenvalue weighted by molar-refractivity contribution is -0.118. The Labute approximate surface area is 126 Å². The molecule has 21 heavy (non-hydrogen) atoms. The van der Waals surface area contributed by atoms with Crippen LogP contribution < -0.4 is 10.6 Å². The molecule has 0 bridgehead atoms. The number of nitrogens with zero attached hydrogens (tertiary/aromatic N) is 1. The summed E-state index contributed by atoms with van der Waals surface area (Å²) in [6.45, 7) is 4.68. The topological polar surface area (TPSA) is 78.5 Å². The molecule has 0 aromatic heterocycles. The maximum atomic E-state index is 12.0. The Balaban J connectivity index is 2.63. The van der Waals surface area contributed by atoms with Crippen LogP contribution in [0.5, 0.6) is 0 Å². The van der Waals surface area contributed by atoms with Crippen LogP contribution in [0.3, 0.4) is 0 Å². The SMILES string of the molecule is CC(=O)NCCNC(C)c1ccc(S(=O)(=O)N(C)C)cc1. The molecule has 7 heteroatoms. The van der Waals surface area contributed by atoms with Crippen LogP contribution in [-0.4, -0.2) is 45.8 Å². The molecule has 0 fully saturated rings. The highest BCUT2D eigenvalue weighted by molar-refractivity contribution is 7.89. The van der Waals surface area contributed by atoms with Crippen LogP contribution >= 0.6 is 0 Å². The highest BCUT2D eigenvalue weighted by atomic mass is 32.2. The number of hydrogen-bond acceptors (Lipinski definition) is 4. The van der Waals surface area contributed by atoms with Gasteiger partial charge in [0.15, 0.2) is 0 Å². The maximum absolute atomic E-state index is 12.0. The van der Waals surface area contributed by atoms with E-state index < -0.39 is 10.0 Å². The first kappa shape index (κ1) is 17.6. The zero-order valence-corrected chi connectivity index (χ0v) is 13.7. The smallest absolute Gasteiger partial charge is 0.242 e. The van der Waals surface area contributed by atoms with Gasteiger partial charge in [0.25, 0.3) is 0 Å². The van der Waals surface area contributed by atoms with E-state index in [2.05, 4.69) is 10.6 Å². The first-order valence-corrected chi connectivity index (χ1v) is 8.19. The van der Waals surface area contributed by atoms with Gasteiger partial charge in [-0.05, 0) is 24.6 Å². The highest BCUT2D eigenvalue weighted by Crippen LogP contribution is 2.17. The molecule has 1 aromatic rings. The number of rotatable bonds is 7. The normalized spacial score (nSPS) is 13.2. The van der Waals surface area contributed by atoms with Crippen molar-refractivity contribution < 1.29 is 13.2 Å². The van der Waals surface area contributed by atoms with Crippen LogP contribution in [0.1, 0.15) is 25.5 Å². The van der Waals surface area contributed by atoms with Gasteiger partial charge >= 0.3 is 0 Å². The van der Waals surface area contributed by atoms with Crippen LogP contribution in [0, 0.1) is 0 Å². The lowest BCUT2D eigenvalue weighted by Gasteiger charge is -2.16. The predicted molar refractivity (Wildman–Crippen MR) is 82.4 cm³/mol. The van der Waals surface area contributed by atoms with Crippen LogP contribution in [-0.2, 0) is 14.8 Å². The number of sulfonamides is 1. The number of amides is 1. The Morgan fingerprint density at radius 2 is 1.76 bits per heavy atom. The van der Waals surface area contributed by atoms with Gasteiger partial charge < -0.3 is 10.6 Å². The van der Waals surface area contributed by atoms with Crippen molar-refractivity contribution in [2.45, 2.75) is 24.8 Å². The number of nitrogens with one attached hydrogen (secondary N) is 2. The van der Waals surface area contributed by atoms with Crippen LogP contribution in [0.15, 0.2) is 29.2 Å². The second-order valence-corrected chi connectivity index (χ2v) is 7.17. The summed E-state index contributed by atoms with van der Waals surface area (Å²) in [7, 11) is -0.366. The molecule has 0 aliphatic heterocycles. The minimum absolute atomic E-state index is 0.0531. The van der Waals surface area contributed by atoms with Crippen molar-refractivity contribution in [2.24, 2.45) is 0 Å². The van der Waals surface area contributed by atoms with Crippen molar-refractivity contribution >= 4 is 15.9 Å². The minimum atomic E-state index is -3.38. The van der Waals surface area contributed by atoms with Gasteiger partial charge in [0.05, 0.1) is 4.90 Å². The fourth-order valence-electron chi connectivity index (χ4n) is 1.78. The second-order valence-electron chi connectivity index (χ2n) is 5.02. The van der Waals surface area contributed by atoms with Gasteiger partial charge in [0.1, 0.15) is 0 Å². The van der Waals surface area contributed by atoms with Gasteiger partial charge in [0.2, 0.25) is 15.9 Å². The van der Waals surface area contributed by atoms with E-state index >= 15 is 0 Å². The van der Waals surface area contributed by atoms with E-state index in [9.17, 15) is 13.2 Å². The molecule has 1 unspecified atom stereocenters. The van der Waals surface area contributed by atoms with E-state index in [4.69, 9.17) is 0 Å². The molecule has 0 heterocycles. The summed E-state index contributed by atoms with van der Waals surface area (Å²) in [6, 6.07) is 6.89. The van der Waals surface area contributed by atoms with E-state index in [-0.39, 0.29) is 16.8 Å². The van der Waals surface area contributed by atoms with E-state index in [1.165, 1.54) is 25.3 Å². The first-order valence-electron chi connectivity index (χ1n) is 6.75. The molecule has 1 atom stereocenters. The number of benzene rings is 1. The van der Waals surface area contributed by atoms with E-state index in [0.717, 1.165) is 5.56 Å². The van der Waals surface area contributed by atoms with E-state index in [0.29, 0.717) is 13.1 Å². The molecule has 6 nitrogen and oxygen atoms in total. The average Bonchev–Trinajstić information content (AvgIpc) is 2.43. The average molecular weight is 313 g/mol. The van der Waals surface area contributed by atoms with Crippen molar-refractivity contribution in [2.75, 3.05) is 27.2 Å². The van der Waals surface area contributed by atoms with Crippen molar-refractivity contribution in [1.29, 1.82) is 0 Å². The third kappa shape index (κ3) is 5.11. The molecule has 0 radical (unpaired) electrons. The summed E-state index contributed by atoms with van der Waals surface area (Å²) >= 11 is 0. The van der Waals surface area contributed by atoms with Crippen molar-refractivity contribution in [1.82, 2.24) is 14.9 Å². The molecular weight excluding hydrogens is 290 g/mol. The van der Waals surface area contributed by atoms with Gasteiger partial charge in [0, 0.05) is 40.2 Å². The molecule has 0 saturated heterocycles. The summed E-state index contributed by atoms with van der Waals surface area (Å²) in [5.41, 5.74) is 0.996. The predicted octanol–water partition coefficient (Wildman–Crippen LogP) is 0.724. The van der Waals surface area contributed by atoms with Crippen LogP contribution in [0.25, 0.3) is 0 Å². The Hall–Kier alpha value is -1.44. The third-order valence-corrected chi connectivity index (χ3v) is 4.94. The molecule has 0 aliphatic carbocycles. The molecule has 0 spiro atoms. The number of carbonyl (C=O) groups is 1. The van der Waals surface area contributed by atoms with E-state index in [1.54, 1.807) is 24.3 Å². The number of hydrogen-bond donors (Lipinski definition) is 2. The zero-order valence-electron chi connectivity index (χ0n) is 12.9. The van der Waals surface area contributed by atoms with Gasteiger partial charge in [-0.3, -0.25) is 4.79 Å². The zero-order chi connectivity index (χ0) is 16.0. The lowest BCUT2D eigenvalue weighted by Crippen LogP contribution is -2.31.